The lowest BCUT2D eigenvalue weighted by atomic mass is 9.99. The Morgan fingerprint density at radius 3 is 2.26 bits per heavy atom. The zero-order valence-corrected chi connectivity index (χ0v) is 21.1. The fourth-order valence-corrected chi connectivity index (χ4v) is 5.18. The average Bonchev–Trinajstić information content (AvgIpc) is 2.83. The SMILES string of the molecule is CCC(NC(=O)CN(c1ccccc1OC)S(=O)(=O)c1ccc(C)cc1)c1ccc(C)c(C)c1. The normalized spacial score (nSPS) is 12.1. The number of hydrogen-bond acceptors (Lipinski definition) is 4. The molecule has 0 heterocycles. The van der Waals surface area contributed by atoms with Crippen molar-refractivity contribution in [3.05, 3.63) is 89.0 Å². The summed E-state index contributed by atoms with van der Waals surface area (Å²) in [5.41, 5.74) is 4.56. The van der Waals surface area contributed by atoms with Gasteiger partial charge in [0.1, 0.15) is 12.3 Å². The topological polar surface area (TPSA) is 75.7 Å². The first kappa shape index (κ1) is 25.3. The molecule has 0 fully saturated rings. The molecule has 3 aromatic rings. The molecule has 0 radical (unpaired) electrons. The third kappa shape index (κ3) is 5.59. The third-order valence-corrected chi connectivity index (χ3v) is 7.70. The molecule has 1 atom stereocenters. The van der Waals surface area contributed by atoms with Crippen LogP contribution in [0.1, 0.15) is 41.6 Å². The summed E-state index contributed by atoms with van der Waals surface area (Å²) in [4.78, 5) is 13.3. The van der Waals surface area contributed by atoms with E-state index in [2.05, 4.69) is 11.4 Å². The molecule has 34 heavy (non-hydrogen) atoms. The van der Waals surface area contributed by atoms with Crippen molar-refractivity contribution in [2.24, 2.45) is 0 Å². The van der Waals surface area contributed by atoms with Gasteiger partial charge in [-0.05, 0) is 68.1 Å². The smallest absolute Gasteiger partial charge is 0.264 e. The van der Waals surface area contributed by atoms with Gasteiger partial charge in [0, 0.05) is 0 Å². The van der Waals surface area contributed by atoms with E-state index < -0.39 is 15.9 Å². The minimum atomic E-state index is -4.03. The lowest BCUT2D eigenvalue weighted by Gasteiger charge is -2.27. The standard InChI is InChI=1S/C27H32N2O4S/c1-6-24(22-14-13-20(3)21(4)17-22)28-27(30)18-29(25-9-7-8-10-26(25)33-5)34(31,32)23-15-11-19(2)12-16-23/h7-17,24H,6,18H2,1-5H3,(H,28,30). The number of rotatable bonds is 9. The quantitative estimate of drug-likeness (QED) is 0.463. The number of hydrogen-bond donors (Lipinski definition) is 1. The average molecular weight is 481 g/mol. The van der Waals surface area contributed by atoms with Crippen LogP contribution < -0.4 is 14.4 Å². The molecule has 0 bridgehead atoms. The first-order valence-corrected chi connectivity index (χ1v) is 12.7. The van der Waals surface area contributed by atoms with Gasteiger partial charge in [-0.15, -0.1) is 0 Å². The van der Waals surface area contributed by atoms with Gasteiger partial charge in [-0.2, -0.15) is 0 Å². The maximum Gasteiger partial charge on any atom is 0.264 e. The number of methoxy groups -OCH3 is 1. The van der Waals surface area contributed by atoms with E-state index in [4.69, 9.17) is 4.74 Å². The lowest BCUT2D eigenvalue weighted by molar-refractivity contribution is -0.120. The van der Waals surface area contributed by atoms with Crippen LogP contribution in [0.5, 0.6) is 5.75 Å². The molecule has 6 nitrogen and oxygen atoms in total. The van der Waals surface area contributed by atoms with Crippen molar-refractivity contribution in [1.29, 1.82) is 0 Å². The van der Waals surface area contributed by atoms with Crippen LogP contribution in [0.25, 0.3) is 0 Å². The van der Waals surface area contributed by atoms with E-state index in [0.717, 1.165) is 21.0 Å². The van der Waals surface area contributed by atoms with Crippen LogP contribution in [0, 0.1) is 20.8 Å². The number of aryl methyl sites for hydroxylation is 3. The number of carbonyl (C=O) groups excluding carboxylic acids is 1. The van der Waals surface area contributed by atoms with Crippen molar-refractivity contribution in [2.45, 2.75) is 45.1 Å². The van der Waals surface area contributed by atoms with Gasteiger partial charge < -0.3 is 10.1 Å². The number of amides is 1. The zero-order chi connectivity index (χ0) is 24.9. The molecule has 0 aliphatic heterocycles. The van der Waals surface area contributed by atoms with Crippen LogP contribution in [-0.4, -0.2) is 28.0 Å². The Bertz CT molecular complexity index is 1250. The number of carbonyl (C=O) groups is 1. The van der Waals surface area contributed by atoms with E-state index >= 15 is 0 Å². The molecule has 0 aromatic heterocycles. The fraction of sp³-hybridized carbons (Fsp3) is 0.296. The Labute approximate surface area is 202 Å². The second kappa shape index (κ2) is 10.7. The zero-order valence-electron chi connectivity index (χ0n) is 20.3. The van der Waals surface area contributed by atoms with Crippen LogP contribution >= 0.6 is 0 Å². The summed E-state index contributed by atoms with van der Waals surface area (Å²) in [5.74, 6) is -0.0288. The van der Waals surface area contributed by atoms with Crippen LogP contribution in [0.15, 0.2) is 71.6 Å². The highest BCUT2D eigenvalue weighted by Crippen LogP contribution is 2.32. The van der Waals surface area contributed by atoms with Gasteiger partial charge in [-0.25, -0.2) is 8.42 Å². The monoisotopic (exact) mass is 480 g/mol. The molecule has 0 spiro atoms. The van der Waals surface area contributed by atoms with Crippen LogP contribution in [0.2, 0.25) is 0 Å². The molecule has 1 amide bonds. The Hall–Kier alpha value is -3.32. The summed E-state index contributed by atoms with van der Waals surface area (Å²) in [6.45, 7) is 7.57. The summed E-state index contributed by atoms with van der Waals surface area (Å²) in [6, 6.07) is 19.2. The summed E-state index contributed by atoms with van der Waals surface area (Å²) in [6.07, 6.45) is 0.674. The van der Waals surface area contributed by atoms with Gasteiger partial charge in [0.05, 0.1) is 23.7 Å². The molecule has 1 N–H and O–H groups in total. The molecule has 0 aliphatic rings. The first-order valence-electron chi connectivity index (χ1n) is 11.3. The van der Waals surface area contributed by atoms with E-state index in [1.807, 2.05) is 39.8 Å². The first-order chi connectivity index (χ1) is 16.2. The Morgan fingerprint density at radius 1 is 0.971 bits per heavy atom. The van der Waals surface area contributed by atoms with Gasteiger partial charge in [0.2, 0.25) is 5.91 Å². The van der Waals surface area contributed by atoms with Crippen molar-refractivity contribution in [1.82, 2.24) is 5.32 Å². The number of anilines is 1. The van der Waals surface area contributed by atoms with Gasteiger partial charge in [0.15, 0.2) is 0 Å². The van der Waals surface area contributed by atoms with Crippen LogP contribution in [-0.2, 0) is 14.8 Å². The maximum atomic E-state index is 13.6. The highest BCUT2D eigenvalue weighted by atomic mass is 32.2. The second-order valence-electron chi connectivity index (χ2n) is 8.37. The molecule has 0 saturated carbocycles. The Morgan fingerprint density at radius 2 is 1.65 bits per heavy atom. The summed E-state index contributed by atoms with van der Waals surface area (Å²) in [7, 11) is -2.55. The third-order valence-electron chi connectivity index (χ3n) is 5.93. The van der Waals surface area contributed by atoms with E-state index in [9.17, 15) is 13.2 Å². The van der Waals surface area contributed by atoms with Crippen LogP contribution in [0.4, 0.5) is 5.69 Å². The van der Waals surface area contributed by atoms with Crippen molar-refractivity contribution in [2.75, 3.05) is 18.0 Å². The number of para-hydroxylation sites is 2. The molecular weight excluding hydrogens is 448 g/mol. The summed E-state index contributed by atoms with van der Waals surface area (Å²) < 4.78 is 33.8. The van der Waals surface area contributed by atoms with E-state index in [-0.39, 0.29) is 17.5 Å². The van der Waals surface area contributed by atoms with Crippen molar-refractivity contribution >= 4 is 21.6 Å². The molecule has 180 valence electrons. The summed E-state index contributed by atoms with van der Waals surface area (Å²) >= 11 is 0. The lowest BCUT2D eigenvalue weighted by Crippen LogP contribution is -2.42. The summed E-state index contributed by atoms with van der Waals surface area (Å²) in [5, 5.41) is 3.01. The molecule has 7 heteroatoms. The molecule has 3 rings (SSSR count). The predicted octanol–water partition coefficient (Wildman–Crippen LogP) is 5.08. The molecule has 1 unspecified atom stereocenters. The van der Waals surface area contributed by atoms with E-state index in [0.29, 0.717) is 17.9 Å². The predicted molar refractivity (Wildman–Crippen MR) is 136 cm³/mol. The van der Waals surface area contributed by atoms with Gasteiger partial charge >= 0.3 is 0 Å². The van der Waals surface area contributed by atoms with Crippen molar-refractivity contribution in [3.63, 3.8) is 0 Å². The molecule has 3 aromatic carbocycles. The largest absolute Gasteiger partial charge is 0.495 e. The van der Waals surface area contributed by atoms with Crippen molar-refractivity contribution in [3.8, 4) is 5.75 Å². The molecule has 0 saturated heterocycles. The number of nitrogens with zero attached hydrogens (tertiary/aromatic N) is 1. The molecular formula is C27H32N2O4S. The van der Waals surface area contributed by atoms with Gasteiger partial charge in [-0.1, -0.05) is 55.0 Å². The number of benzene rings is 3. The maximum absolute atomic E-state index is 13.6. The van der Waals surface area contributed by atoms with Gasteiger partial charge in [0.25, 0.3) is 10.0 Å². The highest BCUT2D eigenvalue weighted by molar-refractivity contribution is 7.92. The molecule has 0 aliphatic carbocycles. The minimum Gasteiger partial charge on any atom is -0.495 e. The van der Waals surface area contributed by atoms with Gasteiger partial charge in [-0.3, -0.25) is 9.10 Å². The number of nitrogens with one attached hydrogen (secondary N) is 1. The highest BCUT2D eigenvalue weighted by Gasteiger charge is 2.30. The van der Waals surface area contributed by atoms with E-state index in [1.54, 1.807) is 48.5 Å². The minimum absolute atomic E-state index is 0.109. The Balaban J connectivity index is 1.95. The number of sulfonamides is 1. The van der Waals surface area contributed by atoms with E-state index in [1.165, 1.54) is 12.7 Å². The fourth-order valence-electron chi connectivity index (χ4n) is 3.75. The second-order valence-corrected chi connectivity index (χ2v) is 10.2. The number of ether oxygens (including phenoxy) is 1. The van der Waals surface area contributed by atoms with Crippen LogP contribution in [0.3, 0.4) is 0 Å². The Kier molecular flexibility index (Phi) is 7.99. The van der Waals surface area contributed by atoms with Crippen molar-refractivity contribution < 1.29 is 17.9 Å².